The molecule has 1 aliphatic rings. The quantitative estimate of drug-likeness (QED) is 0.801. The summed E-state index contributed by atoms with van der Waals surface area (Å²) in [6, 6.07) is 13.3. The van der Waals surface area contributed by atoms with Crippen LogP contribution in [0.1, 0.15) is 17.3 Å². The Labute approximate surface area is 166 Å². The van der Waals surface area contributed by atoms with Crippen molar-refractivity contribution in [2.75, 3.05) is 45.2 Å². The number of benzene rings is 2. The number of para-hydroxylation sites is 2. The third-order valence-electron chi connectivity index (χ3n) is 4.63. The second kappa shape index (κ2) is 8.72. The fraction of sp³-hybridized carbons (Fsp3) is 0.350. The summed E-state index contributed by atoms with van der Waals surface area (Å²) in [5, 5.41) is 2.80. The molecule has 28 heavy (non-hydrogen) atoms. The lowest BCUT2D eigenvalue weighted by atomic mass is 10.2. The lowest BCUT2D eigenvalue weighted by Crippen LogP contribution is -2.47. The molecule has 2 aromatic carbocycles. The van der Waals surface area contributed by atoms with E-state index in [4.69, 9.17) is 4.74 Å². The largest absolute Gasteiger partial charge is 0.492 e. The van der Waals surface area contributed by atoms with E-state index in [1.807, 2.05) is 20.0 Å². The number of rotatable bonds is 6. The monoisotopic (exact) mass is 403 g/mol. The summed E-state index contributed by atoms with van der Waals surface area (Å²) in [5.41, 5.74) is 0.822. The highest BCUT2D eigenvalue weighted by Gasteiger charge is 2.28. The lowest BCUT2D eigenvalue weighted by Gasteiger charge is -2.31. The van der Waals surface area contributed by atoms with E-state index in [1.165, 1.54) is 16.4 Å². The zero-order valence-corrected chi connectivity index (χ0v) is 16.9. The SMILES string of the molecule is CCOc1ccccc1NC(=O)c1cccc(S(=O)(=O)N2CCN(C)CC2)c1. The van der Waals surface area contributed by atoms with Crippen LogP contribution < -0.4 is 10.1 Å². The number of amides is 1. The van der Waals surface area contributed by atoms with Gasteiger partial charge in [-0.1, -0.05) is 18.2 Å². The lowest BCUT2D eigenvalue weighted by molar-refractivity contribution is 0.102. The van der Waals surface area contributed by atoms with Gasteiger partial charge < -0.3 is 15.0 Å². The van der Waals surface area contributed by atoms with Gasteiger partial charge in [0, 0.05) is 31.7 Å². The Bertz CT molecular complexity index is 938. The minimum atomic E-state index is -3.63. The van der Waals surface area contributed by atoms with Crippen molar-refractivity contribution in [3.05, 3.63) is 54.1 Å². The second-order valence-electron chi connectivity index (χ2n) is 6.62. The number of nitrogens with one attached hydrogen (secondary N) is 1. The number of hydrogen-bond acceptors (Lipinski definition) is 5. The molecule has 0 unspecified atom stereocenters. The van der Waals surface area contributed by atoms with Crippen LogP contribution in [0.15, 0.2) is 53.4 Å². The molecule has 0 spiro atoms. The Morgan fingerprint density at radius 1 is 1.07 bits per heavy atom. The van der Waals surface area contributed by atoms with Gasteiger partial charge in [0.1, 0.15) is 5.75 Å². The van der Waals surface area contributed by atoms with Crippen molar-refractivity contribution in [3.63, 3.8) is 0 Å². The molecular formula is C20H25N3O4S. The number of piperazine rings is 1. The fourth-order valence-corrected chi connectivity index (χ4v) is 4.49. The molecule has 8 heteroatoms. The van der Waals surface area contributed by atoms with Crippen molar-refractivity contribution >= 4 is 21.6 Å². The van der Waals surface area contributed by atoms with Crippen LogP contribution in [0, 0.1) is 0 Å². The van der Waals surface area contributed by atoms with Crippen LogP contribution in [0.4, 0.5) is 5.69 Å². The number of sulfonamides is 1. The zero-order valence-electron chi connectivity index (χ0n) is 16.1. The summed E-state index contributed by atoms with van der Waals surface area (Å²) in [7, 11) is -1.66. The summed E-state index contributed by atoms with van der Waals surface area (Å²) in [4.78, 5) is 14.9. The van der Waals surface area contributed by atoms with Gasteiger partial charge in [-0.3, -0.25) is 4.79 Å². The molecule has 0 radical (unpaired) electrons. The topological polar surface area (TPSA) is 78.9 Å². The van der Waals surface area contributed by atoms with E-state index in [9.17, 15) is 13.2 Å². The molecular weight excluding hydrogens is 378 g/mol. The maximum atomic E-state index is 12.9. The smallest absolute Gasteiger partial charge is 0.255 e. The maximum Gasteiger partial charge on any atom is 0.255 e. The van der Waals surface area contributed by atoms with E-state index in [-0.39, 0.29) is 16.4 Å². The maximum absolute atomic E-state index is 12.9. The van der Waals surface area contributed by atoms with E-state index in [2.05, 4.69) is 10.2 Å². The zero-order chi connectivity index (χ0) is 20.1. The van der Waals surface area contributed by atoms with E-state index >= 15 is 0 Å². The molecule has 0 aliphatic carbocycles. The van der Waals surface area contributed by atoms with Crippen molar-refractivity contribution in [1.82, 2.24) is 9.21 Å². The van der Waals surface area contributed by atoms with Gasteiger partial charge in [0.25, 0.3) is 5.91 Å². The molecule has 0 saturated carbocycles. The van der Waals surface area contributed by atoms with Crippen molar-refractivity contribution in [2.45, 2.75) is 11.8 Å². The van der Waals surface area contributed by atoms with Crippen molar-refractivity contribution < 1.29 is 17.9 Å². The second-order valence-corrected chi connectivity index (χ2v) is 8.56. The highest BCUT2D eigenvalue weighted by molar-refractivity contribution is 7.89. The molecule has 0 bridgehead atoms. The van der Waals surface area contributed by atoms with Crippen LogP contribution in [0.2, 0.25) is 0 Å². The first-order chi connectivity index (χ1) is 13.4. The van der Waals surface area contributed by atoms with E-state index in [1.54, 1.807) is 30.3 Å². The predicted molar refractivity (Wildman–Crippen MR) is 108 cm³/mol. The average Bonchev–Trinajstić information content (AvgIpc) is 2.70. The number of hydrogen-bond donors (Lipinski definition) is 1. The highest BCUT2D eigenvalue weighted by atomic mass is 32.2. The van der Waals surface area contributed by atoms with Gasteiger partial charge in [-0.25, -0.2) is 8.42 Å². The molecule has 7 nitrogen and oxygen atoms in total. The summed E-state index contributed by atoms with van der Waals surface area (Å²) in [6.45, 7) is 4.60. The molecule has 0 atom stereocenters. The number of carbonyl (C=O) groups excluding carboxylic acids is 1. The summed E-state index contributed by atoms with van der Waals surface area (Å²) >= 11 is 0. The Morgan fingerprint density at radius 2 is 1.79 bits per heavy atom. The number of ether oxygens (including phenoxy) is 1. The third-order valence-corrected chi connectivity index (χ3v) is 6.53. The molecule has 150 valence electrons. The normalized spacial score (nSPS) is 15.9. The summed E-state index contributed by atoms with van der Waals surface area (Å²) in [5.74, 6) is 0.183. The molecule has 2 aromatic rings. The van der Waals surface area contributed by atoms with Crippen LogP contribution in [-0.2, 0) is 10.0 Å². The number of nitrogens with zero attached hydrogens (tertiary/aromatic N) is 2. The Balaban J connectivity index is 1.80. The molecule has 1 N–H and O–H groups in total. The first-order valence-electron chi connectivity index (χ1n) is 9.23. The third kappa shape index (κ3) is 4.52. The molecule has 1 aliphatic heterocycles. The van der Waals surface area contributed by atoms with Crippen LogP contribution >= 0.6 is 0 Å². The Kier molecular flexibility index (Phi) is 6.33. The van der Waals surface area contributed by atoms with Crippen LogP contribution in [-0.4, -0.2) is 63.4 Å². The van der Waals surface area contributed by atoms with Crippen molar-refractivity contribution in [2.24, 2.45) is 0 Å². The fourth-order valence-electron chi connectivity index (χ4n) is 3.02. The van der Waals surface area contributed by atoms with E-state index in [0.717, 1.165) is 0 Å². The Hall–Kier alpha value is -2.42. The number of anilines is 1. The van der Waals surface area contributed by atoms with Crippen molar-refractivity contribution in [1.29, 1.82) is 0 Å². The minimum Gasteiger partial charge on any atom is -0.492 e. The minimum absolute atomic E-state index is 0.128. The van der Waals surface area contributed by atoms with Crippen molar-refractivity contribution in [3.8, 4) is 5.75 Å². The van der Waals surface area contributed by atoms with E-state index in [0.29, 0.717) is 44.2 Å². The van der Waals surface area contributed by atoms with Crippen LogP contribution in [0.5, 0.6) is 5.75 Å². The molecule has 3 rings (SSSR count). The molecule has 1 amide bonds. The number of carbonyl (C=O) groups is 1. The summed E-state index contributed by atoms with van der Waals surface area (Å²) in [6.07, 6.45) is 0. The molecule has 1 heterocycles. The summed E-state index contributed by atoms with van der Waals surface area (Å²) < 4.78 is 32.8. The van der Waals surface area contributed by atoms with Gasteiger partial charge >= 0.3 is 0 Å². The Morgan fingerprint density at radius 3 is 2.50 bits per heavy atom. The first-order valence-corrected chi connectivity index (χ1v) is 10.7. The van der Waals surface area contributed by atoms with Gasteiger partial charge in [0.15, 0.2) is 0 Å². The highest BCUT2D eigenvalue weighted by Crippen LogP contribution is 2.25. The van der Waals surface area contributed by atoms with Crippen LogP contribution in [0.25, 0.3) is 0 Å². The molecule has 0 aromatic heterocycles. The first kappa shape index (κ1) is 20.3. The molecule has 1 fully saturated rings. The van der Waals surface area contributed by atoms with Crippen LogP contribution in [0.3, 0.4) is 0 Å². The average molecular weight is 404 g/mol. The van der Waals surface area contributed by atoms with E-state index < -0.39 is 10.0 Å². The van der Waals surface area contributed by atoms with Gasteiger partial charge in [-0.05, 0) is 44.3 Å². The van der Waals surface area contributed by atoms with Gasteiger partial charge in [0.05, 0.1) is 17.2 Å². The predicted octanol–water partition coefficient (Wildman–Crippen LogP) is 2.27. The molecule has 1 saturated heterocycles. The van der Waals surface area contributed by atoms with Gasteiger partial charge in [-0.2, -0.15) is 4.31 Å². The standard InChI is InChI=1S/C20H25N3O4S/c1-3-27-19-10-5-4-9-18(19)21-20(24)16-7-6-8-17(15-16)28(25,26)23-13-11-22(2)12-14-23/h4-10,15H,3,11-14H2,1-2H3,(H,21,24). The number of likely N-dealkylation sites (N-methyl/N-ethyl adjacent to an activating group) is 1. The van der Waals surface area contributed by atoms with Gasteiger partial charge in [-0.15, -0.1) is 0 Å². The van der Waals surface area contributed by atoms with Gasteiger partial charge in [0.2, 0.25) is 10.0 Å².